The fraction of sp³-hybridized carbons (Fsp3) is 0. The molecule has 0 fully saturated rings. The first-order valence-electron chi connectivity index (χ1n) is 19.4. The molecule has 0 unspecified atom stereocenters. The van der Waals surface area contributed by atoms with Gasteiger partial charge >= 0.3 is 294 Å². The van der Waals surface area contributed by atoms with E-state index in [1.54, 1.807) is 0 Å². The van der Waals surface area contributed by atoms with Crippen molar-refractivity contribution in [1.82, 2.24) is 23.3 Å². The molecule has 4 aromatic heterocycles. The molecular weight excluding hydrogens is 906 g/mol. The maximum absolute atomic E-state index is 6.63. The van der Waals surface area contributed by atoms with Crippen molar-refractivity contribution in [3.05, 3.63) is 217 Å². The number of hydrogen-bond donors (Lipinski definition) is 0. The Hall–Kier alpha value is -7.27. The number of pyridine rings is 1. The molecule has 11 aromatic rings. The van der Waals surface area contributed by atoms with Crippen LogP contribution in [0.15, 0.2) is 201 Å². The molecule has 0 spiro atoms. The first-order chi connectivity index (χ1) is 29.2. The van der Waals surface area contributed by atoms with Crippen LogP contribution in [0.25, 0.3) is 78.0 Å². The number of imidazole rings is 1. The van der Waals surface area contributed by atoms with Crippen molar-refractivity contribution in [2.45, 2.75) is 0 Å². The summed E-state index contributed by atoms with van der Waals surface area (Å²) in [6.07, 6.45) is 5.94. The summed E-state index contributed by atoms with van der Waals surface area (Å²) < 4.78 is 16.5. The van der Waals surface area contributed by atoms with Crippen molar-refractivity contribution >= 4 is 32.8 Å². The van der Waals surface area contributed by atoms with Crippen LogP contribution < -0.4 is 4.74 Å². The number of aromatic nitrogens is 5. The number of fused-ring (bicyclic) bond motifs is 4. The van der Waals surface area contributed by atoms with E-state index in [1.165, 1.54) is 0 Å². The van der Waals surface area contributed by atoms with Gasteiger partial charge in [-0.15, -0.1) is 0 Å². The summed E-state index contributed by atoms with van der Waals surface area (Å²) in [6, 6.07) is 70.3. The second-order valence-corrected chi connectivity index (χ2v) is 15.3. The third kappa shape index (κ3) is 6.08. The van der Waals surface area contributed by atoms with Crippen LogP contribution in [0.5, 0.6) is 11.5 Å². The van der Waals surface area contributed by atoms with Gasteiger partial charge in [0, 0.05) is 12.4 Å². The van der Waals surface area contributed by atoms with Gasteiger partial charge in [-0.2, -0.15) is 0 Å². The number of rotatable bonds is 8. The van der Waals surface area contributed by atoms with E-state index >= 15 is 0 Å². The summed E-state index contributed by atoms with van der Waals surface area (Å²) in [5, 5.41) is 2.20. The molecule has 284 valence electrons. The SMILES string of the molecule is [Pt]=[c]1n(-c2[c-]c(Oc3[c-]c4c(cc3)c3ccccc3n4-c3ccc(-n4cccc4)cn3)ccc2)c2ccccc2n1-c1c(-c2ccccc2)cccc1-c1ccccc1. The molecule has 0 amide bonds. The van der Waals surface area contributed by atoms with Crippen molar-refractivity contribution in [3.63, 3.8) is 0 Å². The molecule has 4 heterocycles. The van der Waals surface area contributed by atoms with Crippen LogP contribution in [0, 0.1) is 15.9 Å². The monoisotopic (exact) mass is 938 g/mol. The molecule has 59 heavy (non-hydrogen) atoms. The van der Waals surface area contributed by atoms with Gasteiger partial charge in [0.15, 0.2) is 0 Å². The van der Waals surface area contributed by atoms with Gasteiger partial charge in [0.1, 0.15) is 0 Å². The van der Waals surface area contributed by atoms with Crippen molar-refractivity contribution in [1.29, 1.82) is 0 Å². The average Bonchev–Trinajstić information content (AvgIpc) is 4.02. The van der Waals surface area contributed by atoms with Crippen LogP contribution in [0.3, 0.4) is 0 Å². The van der Waals surface area contributed by atoms with Gasteiger partial charge in [-0.05, 0) is 18.2 Å². The van der Waals surface area contributed by atoms with Gasteiger partial charge in [0.05, 0.1) is 11.9 Å². The van der Waals surface area contributed by atoms with Crippen LogP contribution in [0.4, 0.5) is 0 Å². The molecule has 0 aliphatic heterocycles. The summed E-state index contributed by atoms with van der Waals surface area (Å²) in [7, 11) is 0. The Labute approximate surface area is 351 Å². The zero-order valence-corrected chi connectivity index (χ0v) is 33.8. The fourth-order valence-electron chi connectivity index (χ4n) is 8.13. The van der Waals surface area contributed by atoms with Gasteiger partial charge in [0.2, 0.25) is 0 Å². The Morgan fingerprint density at radius 3 is 1.80 bits per heavy atom. The van der Waals surface area contributed by atoms with E-state index < -0.39 is 0 Å². The van der Waals surface area contributed by atoms with Gasteiger partial charge in [-0.1, -0.05) is 12.1 Å². The number of nitrogens with zero attached hydrogens (tertiary/aromatic N) is 5. The summed E-state index contributed by atoms with van der Waals surface area (Å²) >= 11 is 2.46. The Bertz CT molecular complexity index is 3310. The predicted molar refractivity (Wildman–Crippen MR) is 232 cm³/mol. The molecule has 0 N–H and O–H groups in total. The molecule has 0 aliphatic rings. The number of para-hydroxylation sites is 4. The van der Waals surface area contributed by atoms with E-state index in [-0.39, 0.29) is 0 Å². The summed E-state index contributed by atoms with van der Waals surface area (Å²) in [6.45, 7) is 0. The van der Waals surface area contributed by atoms with Gasteiger partial charge in [0.25, 0.3) is 0 Å². The second-order valence-electron chi connectivity index (χ2n) is 14.2. The molecule has 0 radical (unpaired) electrons. The van der Waals surface area contributed by atoms with E-state index in [9.17, 15) is 0 Å². The van der Waals surface area contributed by atoms with Crippen LogP contribution in [-0.2, 0) is 19.4 Å². The Morgan fingerprint density at radius 1 is 0.475 bits per heavy atom. The van der Waals surface area contributed by atoms with Crippen molar-refractivity contribution < 1.29 is 24.1 Å². The summed E-state index contributed by atoms with van der Waals surface area (Å²) in [4.78, 5) is 4.91. The molecule has 11 rings (SSSR count). The third-order valence-electron chi connectivity index (χ3n) is 10.8. The van der Waals surface area contributed by atoms with Crippen molar-refractivity contribution in [2.24, 2.45) is 0 Å². The quantitative estimate of drug-likeness (QED) is 0.142. The van der Waals surface area contributed by atoms with Gasteiger partial charge < -0.3 is 4.57 Å². The summed E-state index contributed by atoms with van der Waals surface area (Å²) in [5.74, 6) is 1.98. The van der Waals surface area contributed by atoms with Crippen molar-refractivity contribution in [3.8, 4) is 56.6 Å². The fourth-order valence-corrected chi connectivity index (χ4v) is 9.20. The molecule has 0 saturated heterocycles. The van der Waals surface area contributed by atoms with Crippen LogP contribution in [0.1, 0.15) is 0 Å². The number of benzene rings is 7. The topological polar surface area (TPSA) is 41.8 Å². The maximum atomic E-state index is 6.63. The molecule has 7 aromatic carbocycles. The van der Waals surface area contributed by atoms with Gasteiger partial charge in [-0.3, -0.25) is 0 Å². The molecule has 0 atom stereocenters. The minimum atomic E-state index is 0.588. The molecule has 0 aliphatic carbocycles. The van der Waals surface area contributed by atoms with Gasteiger partial charge in [-0.25, -0.2) is 0 Å². The zero-order valence-electron chi connectivity index (χ0n) is 31.5. The summed E-state index contributed by atoms with van der Waals surface area (Å²) in [5.41, 5.74) is 11.7. The Balaban J connectivity index is 1.03. The Morgan fingerprint density at radius 2 is 1.10 bits per heavy atom. The third-order valence-corrected chi connectivity index (χ3v) is 11.8. The molecule has 6 nitrogen and oxygen atoms in total. The normalized spacial score (nSPS) is 11.5. The second kappa shape index (κ2) is 14.6. The first-order valence-corrected chi connectivity index (χ1v) is 20.5. The molecule has 0 saturated carbocycles. The molecule has 0 bridgehead atoms. The van der Waals surface area contributed by atoms with Crippen LogP contribution in [-0.4, -0.2) is 23.3 Å². The standard InChI is InChI=1S/C52H33N5O.Pt/c1-3-15-37(16-4-1)43-22-14-23-44(38-17-5-2-6-18-38)52(43)56-36-55(48-25-9-10-26-49(48)56)39-19-13-20-41(33-39)58-42-28-29-46-45-21-7-8-24-47(45)57(50(46)34-42)51-30-27-40(35-53-51)54-31-11-12-32-54;/h1-32,35H;/q-2;. The predicted octanol–water partition coefficient (Wildman–Crippen LogP) is 12.5. The zero-order chi connectivity index (χ0) is 39.3. The average molecular weight is 939 g/mol. The van der Waals surface area contributed by atoms with E-state index in [4.69, 9.17) is 9.72 Å². The molecular formula is C52H33N5OPt-2. The van der Waals surface area contributed by atoms with Crippen molar-refractivity contribution in [2.75, 3.05) is 0 Å². The van der Waals surface area contributed by atoms with Crippen LogP contribution >= 0.6 is 0 Å². The van der Waals surface area contributed by atoms with E-state index in [1.807, 2.05) is 53.5 Å². The number of ether oxygens (including phenoxy) is 1. The Kier molecular flexibility index (Phi) is 8.64. The minimum absolute atomic E-state index is 0.588. The van der Waals surface area contributed by atoms with E-state index in [2.05, 4.69) is 197 Å². The number of hydrogen-bond acceptors (Lipinski definition) is 2. The molecule has 7 heteroatoms. The first kappa shape index (κ1) is 34.9. The van der Waals surface area contributed by atoms with Crippen LogP contribution in [0.2, 0.25) is 0 Å². The van der Waals surface area contributed by atoms with E-state index in [0.29, 0.717) is 11.5 Å². The van der Waals surface area contributed by atoms with E-state index in [0.717, 1.165) is 81.8 Å².